The number of fused-ring (bicyclic) bond motifs is 1. The van der Waals surface area contributed by atoms with E-state index in [9.17, 15) is 14.4 Å². The van der Waals surface area contributed by atoms with Gasteiger partial charge >= 0.3 is 0 Å². The van der Waals surface area contributed by atoms with E-state index in [1.807, 2.05) is 26.0 Å². The molecule has 0 bridgehead atoms. The van der Waals surface area contributed by atoms with Gasteiger partial charge < -0.3 is 14.4 Å². The molecule has 0 N–H and O–H groups in total. The van der Waals surface area contributed by atoms with Crippen molar-refractivity contribution < 1.29 is 23.9 Å². The molecule has 0 radical (unpaired) electrons. The molecule has 0 aliphatic carbocycles. The topological polar surface area (TPSA) is 72.9 Å². The van der Waals surface area contributed by atoms with Crippen molar-refractivity contribution in [3.8, 4) is 11.5 Å². The van der Waals surface area contributed by atoms with Crippen LogP contribution in [0.4, 0.5) is 0 Å². The summed E-state index contributed by atoms with van der Waals surface area (Å²) in [7, 11) is 1.49. The van der Waals surface area contributed by atoms with Gasteiger partial charge in [0.2, 0.25) is 5.91 Å². The molecule has 174 valence electrons. The Morgan fingerprint density at radius 1 is 1.12 bits per heavy atom. The first-order valence-electron chi connectivity index (χ1n) is 11.2. The van der Waals surface area contributed by atoms with Gasteiger partial charge in [0, 0.05) is 43.8 Å². The molecule has 1 amide bonds. The number of likely N-dealkylation sites (tertiary alicyclic amines) is 1. The van der Waals surface area contributed by atoms with E-state index in [0.29, 0.717) is 60.0 Å². The van der Waals surface area contributed by atoms with E-state index in [1.54, 1.807) is 23.1 Å². The van der Waals surface area contributed by atoms with Crippen LogP contribution in [-0.4, -0.2) is 48.2 Å². The number of carbonyl (C=O) groups excluding carboxylic acids is 3. The van der Waals surface area contributed by atoms with Crippen molar-refractivity contribution in [2.45, 2.75) is 51.6 Å². The molecule has 1 spiro atoms. The molecule has 1 saturated heterocycles. The lowest BCUT2D eigenvalue weighted by molar-refractivity contribution is -0.134. The zero-order valence-electron chi connectivity index (χ0n) is 19.2. The third kappa shape index (κ3) is 4.76. The van der Waals surface area contributed by atoms with Crippen LogP contribution in [0.25, 0.3) is 0 Å². The average molecular weight is 470 g/mol. The van der Waals surface area contributed by atoms with Crippen molar-refractivity contribution in [3.63, 3.8) is 0 Å². The Labute approximate surface area is 198 Å². The Morgan fingerprint density at radius 2 is 1.85 bits per heavy atom. The normalized spacial score (nSPS) is 16.8. The summed E-state index contributed by atoms with van der Waals surface area (Å²) in [6, 6.07) is 8.80. The van der Waals surface area contributed by atoms with Crippen LogP contribution in [0.2, 0.25) is 5.02 Å². The number of piperidine rings is 1. The fraction of sp³-hybridized carbons (Fsp3) is 0.423. The quantitative estimate of drug-likeness (QED) is 0.579. The van der Waals surface area contributed by atoms with Gasteiger partial charge in [0.25, 0.3) is 0 Å². The highest BCUT2D eigenvalue weighted by molar-refractivity contribution is 6.31. The Bertz CT molecular complexity index is 1120. The van der Waals surface area contributed by atoms with E-state index in [4.69, 9.17) is 21.1 Å². The van der Waals surface area contributed by atoms with Crippen molar-refractivity contribution in [2.24, 2.45) is 0 Å². The first kappa shape index (κ1) is 23.3. The Morgan fingerprint density at radius 3 is 2.55 bits per heavy atom. The molecule has 4 rings (SSSR count). The summed E-state index contributed by atoms with van der Waals surface area (Å²) in [6.45, 7) is 4.93. The minimum Gasteiger partial charge on any atom is -0.496 e. The van der Waals surface area contributed by atoms with Crippen LogP contribution >= 0.6 is 11.6 Å². The van der Waals surface area contributed by atoms with Crippen molar-refractivity contribution in [1.29, 1.82) is 0 Å². The van der Waals surface area contributed by atoms with E-state index in [0.717, 1.165) is 11.1 Å². The van der Waals surface area contributed by atoms with Gasteiger partial charge in [0.05, 0.1) is 24.7 Å². The van der Waals surface area contributed by atoms with Crippen molar-refractivity contribution in [1.82, 2.24) is 4.90 Å². The maximum atomic E-state index is 12.9. The van der Waals surface area contributed by atoms with Gasteiger partial charge in [-0.2, -0.15) is 0 Å². The van der Waals surface area contributed by atoms with E-state index in [-0.39, 0.29) is 30.3 Å². The molecule has 33 heavy (non-hydrogen) atoms. The fourth-order valence-electron chi connectivity index (χ4n) is 4.87. The number of ether oxygens (including phenoxy) is 2. The summed E-state index contributed by atoms with van der Waals surface area (Å²) in [6.07, 6.45) is 1.71. The number of ketones is 2. The number of halogens is 1. The number of methoxy groups -OCH3 is 1. The van der Waals surface area contributed by atoms with Crippen molar-refractivity contribution >= 4 is 29.1 Å². The molecule has 0 aromatic heterocycles. The van der Waals surface area contributed by atoms with Crippen LogP contribution < -0.4 is 9.47 Å². The molecule has 2 aromatic carbocycles. The maximum Gasteiger partial charge on any atom is 0.223 e. The van der Waals surface area contributed by atoms with Gasteiger partial charge in [0.15, 0.2) is 11.6 Å². The van der Waals surface area contributed by atoms with Gasteiger partial charge in [-0.15, -0.1) is 0 Å². The monoisotopic (exact) mass is 469 g/mol. The van der Waals surface area contributed by atoms with Crippen LogP contribution in [-0.2, 0) is 4.79 Å². The summed E-state index contributed by atoms with van der Waals surface area (Å²) in [4.78, 5) is 40.1. The van der Waals surface area contributed by atoms with Crippen molar-refractivity contribution in [2.75, 3.05) is 20.2 Å². The minimum absolute atomic E-state index is 0.0755. The number of amides is 1. The number of Topliss-reactive ketones (excluding diaryl/α,β-unsaturated/α-hetero) is 2. The molecule has 6 nitrogen and oxygen atoms in total. The number of hydrogen-bond donors (Lipinski definition) is 0. The first-order chi connectivity index (χ1) is 15.7. The highest BCUT2D eigenvalue weighted by atomic mass is 35.5. The molecule has 2 aromatic rings. The second kappa shape index (κ2) is 9.18. The third-order valence-corrected chi connectivity index (χ3v) is 6.82. The highest BCUT2D eigenvalue weighted by Crippen LogP contribution is 2.41. The predicted octanol–water partition coefficient (Wildman–Crippen LogP) is 4.95. The number of aryl methyl sites for hydroxylation is 2. The van der Waals surface area contributed by atoms with Crippen LogP contribution in [0.3, 0.4) is 0 Å². The Kier molecular flexibility index (Phi) is 6.48. The highest BCUT2D eigenvalue weighted by Gasteiger charge is 2.44. The van der Waals surface area contributed by atoms with Gasteiger partial charge in [-0.05, 0) is 49.2 Å². The van der Waals surface area contributed by atoms with E-state index in [2.05, 4.69) is 0 Å². The van der Waals surface area contributed by atoms with Gasteiger partial charge in [0.1, 0.15) is 17.1 Å². The SMILES string of the molecule is COc1ccc(Cl)cc1C(=O)CCC(=O)N1CCC2(CC1)CC(=O)c1c(C)cc(C)cc1O2. The lowest BCUT2D eigenvalue weighted by Crippen LogP contribution is -2.52. The molecule has 0 atom stereocenters. The van der Waals surface area contributed by atoms with E-state index in [1.165, 1.54) is 7.11 Å². The number of hydrogen-bond acceptors (Lipinski definition) is 5. The Hall–Kier alpha value is -2.86. The molecule has 1 fully saturated rings. The predicted molar refractivity (Wildman–Crippen MR) is 126 cm³/mol. The molecular weight excluding hydrogens is 442 g/mol. The summed E-state index contributed by atoms with van der Waals surface area (Å²) >= 11 is 6.01. The van der Waals surface area contributed by atoms with Gasteiger partial charge in [-0.3, -0.25) is 14.4 Å². The number of nitrogens with zero attached hydrogens (tertiary/aromatic N) is 1. The number of benzene rings is 2. The smallest absolute Gasteiger partial charge is 0.223 e. The minimum atomic E-state index is -0.564. The molecule has 2 aliphatic rings. The maximum absolute atomic E-state index is 12.9. The zero-order chi connectivity index (χ0) is 23.8. The second-order valence-electron chi connectivity index (χ2n) is 8.99. The zero-order valence-corrected chi connectivity index (χ0v) is 20.0. The summed E-state index contributed by atoms with van der Waals surface area (Å²) < 4.78 is 11.6. The molecule has 2 heterocycles. The standard InChI is InChI=1S/C26H28ClNO5/c1-16-12-17(2)25-21(30)15-26(33-23(25)13-16)8-10-28(11-9-26)24(31)7-5-20(29)19-14-18(27)4-6-22(19)32-3/h4,6,12-14H,5,7-11,15H2,1-3H3. The van der Waals surface area contributed by atoms with Gasteiger partial charge in [-0.1, -0.05) is 17.7 Å². The second-order valence-corrected chi connectivity index (χ2v) is 9.42. The average Bonchev–Trinajstić information content (AvgIpc) is 2.76. The lowest BCUT2D eigenvalue weighted by Gasteiger charge is -2.44. The van der Waals surface area contributed by atoms with Gasteiger partial charge in [-0.25, -0.2) is 0 Å². The van der Waals surface area contributed by atoms with Crippen LogP contribution in [0.1, 0.15) is 63.9 Å². The third-order valence-electron chi connectivity index (χ3n) is 6.59. The van der Waals surface area contributed by atoms with Crippen molar-refractivity contribution in [3.05, 3.63) is 57.6 Å². The van der Waals surface area contributed by atoms with Crippen LogP contribution in [0.5, 0.6) is 11.5 Å². The van der Waals surface area contributed by atoms with Crippen LogP contribution in [0, 0.1) is 13.8 Å². The summed E-state index contributed by atoms with van der Waals surface area (Å²) in [5, 5.41) is 0.445. The van der Waals surface area contributed by atoms with E-state index < -0.39 is 5.60 Å². The molecule has 2 aliphatic heterocycles. The van der Waals surface area contributed by atoms with Crippen LogP contribution in [0.15, 0.2) is 30.3 Å². The molecule has 0 unspecified atom stereocenters. The van der Waals surface area contributed by atoms with E-state index >= 15 is 0 Å². The largest absolute Gasteiger partial charge is 0.496 e. The number of rotatable bonds is 5. The molecular formula is C26H28ClNO5. The Balaban J connectivity index is 1.36. The lowest BCUT2D eigenvalue weighted by atomic mass is 9.81. The molecule has 7 heteroatoms. The number of carbonyl (C=O) groups is 3. The summed E-state index contributed by atoms with van der Waals surface area (Å²) in [5.74, 6) is 0.953. The molecule has 0 saturated carbocycles. The fourth-order valence-corrected chi connectivity index (χ4v) is 5.04. The summed E-state index contributed by atoms with van der Waals surface area (Å²) in [5.41, 5.74) is 2.50. The first-order valence-corrected chi connectivity index (χ1v) is 11.6.